The predicted octanol–water partition coefficient (Wildman–Crippen LogP) is 3.19. The number of hydrogen-bond acceptors (Lipinski definition) is 1. The van der Waals surface area contributed by atoms with Gasteiger partial charge in [0, 0.05) is 22.5 Å². The third kappa shape index (κ3) is 1.06. The molecule has 1 nitrogen and oxygen atoms in total. The number of nitrogens with zero attached hydrogens (tertiary/aromatic N) is 1. The molecule has 0 saturated heterocycles. The van der Waals surface area contributed by atoms with Crippen LogP contribution in [-0.4, -0.2) is 11.4 Å². The zero-order valence-electron chi connectivity index (χ0n) is 6.42. The van der Waals surface area contributed by atoms with Crippen LogP contribution in [0.3, 0.4) is 0 Å². The van der Waals surface area contributed by atoms with Crippen molar-refractivity contribution in [2.75, 3.05) is 11.4 Å². The lowest BCUT2D eigenvalue weighted by molar-refractivity contribution is 1.37. The first-order chi connectivity index (χ1) is 5.72. The average Bonchev–Trinajstić information content (AvgIpc) is 2.33. The molecule has 1 aromatic carbocycles. The first-order valence-electron chi connectivity index (χ1n) is 3.48. The van der Waals surface area contributed by atoms with E-state index >= 15 is 0 Å². The first-order valence-corrected chi connectivity index (χ1v) is 5.86. The van der Waals surface area contributed by atoms with Crippen LogP contribution in [0.2, 0.25) is 0 Å². The molecule has 1 heterocycles. The second-order valence-electron chi connectivity index (χ2n) is 2.53. The minimum Gasteiger partial charge on any atom is -0.311 e. The van der Waals surface area contributed by atoms with Gasteiger partial charge in [-0.2, -0.15) is 0 Å². The van der Waals surface area contributed by atoms with Gasteiger partial charge in [0.1, 0.15) is 4.32 Å². The number of anilines is 1. The molecule has 0 fully saturated rings. The number of fused-ring (bicyclic) bond motifs is 1. The van der Waals surface area contributed by atoms with E-state index in [2.05, 4.69) is 0 Å². The molecule has 0 bridgehead atoms. The van der Waals surface area contributed by atoms with Gasteiger partial charge in [0.2, 0.25) is 0 Å². The Labute approximate surface area is 83.5 Å². The van der Waals surface area contributed by atoms with Crippen molar-refractivity contribution in [3.63, 3.8) is 0 Å². The van der Waals surface area contributed by atoms with Crippen LogP contribution in [-0.2, 0) is 0 Å². The maximum Gasteiger partial charge on any atom is 0.107 e. The molecule has 2 rings (SSSR count). The normalized spacial score (nSPS) is 21.4. The molecular weight excluding hydrogens is 213 g/mol. The van der Waals surface area contributed by atoms with Crippen molar-refractivity contribution in [2.24, 2.45) is 0 Å². The van der Waals surface area contributed by atoms with Crippen molar-refractivity contribution in [1.29, 1.82) is 0 Å². The lowest BCUT2D eigenvalue weighted by Crippen LogP contribution is -2.02. The lowest BCUT2D eigenvalue weighted by atomic mass is 10.2. The van der Waals surface area contributed by atoms with Gasteiger partial charge in [-0.3, -0.25) is 0 Å². The Morgan fingerprint density at radius 3 is 2.67 bits per heavy atom. The Balaban J connectivity index is 2.65. The van der Waals surface area contributed by atoms with E-state index in [0.29, 0.717) is 0 Å². The Bertz CT molecular complexity index is 362. The fourth-order valence-electron chi connectivity index (χ4n) is 1.21. The Morgan fingerprint density at radius 2 is 2.00 bits per heavy atom. The molecule has 0 saturated carbocycles. The maximum absolute atomic E-state index is 6.06. The summed E-state index contributed by atoms with van der Waals surface area (Å²) in [5.41, 5.74) is 2.17. The monoisotopic (exact) mass is 219 g/mol. The SMILES string of the molecule is CN1c2ccccc2C(Cl)=S1Cl. The molecule has 1 atom stereocenters. The van der Waals surface area contributed by atoms with Crippen molar-refractivity contribution in [3.8, 4) is 0 Å². The average molecular weight is 220 g/mol. The van der Waals surface area contributed by atoms with Crippen molar-refractivity contribution in [2.45, 2.75) is 0 Å². The van der Waals surface area contributed by atoms with Crippen LogP contribution >= 0.6 is 32.2 Å². The molecule has 64 valence electrons. The molecule has 0 aromatic heterocycles. The zero-order valence-corrected chi connectivity index (χ0v) is 8.75. The third-order valence-corrected chi connectivity index (χ3v) is 5.00. The van der Waals surface area contributed by atoms with Crippen LogP contribution in [0, 0.1) is 0 Å². The van der Waals surface area contributed by atoms with Gasteiger partial charge >= 0.3 is 0 Å². The van der Waals surface area contributed by atoms with E-state index < -0.39 is 9.88 Å². The number of benzene rings is 1. The van der Waals surface area contributed by atoms with Crippen molar-refractivity contribution in [1.82, 2.24) is 0 Å². The van der Waals surface area contributed by atoms with Gasteiger partial charge < -0.3 is 4.31 Å². The molecule has 1 aliphatic rings. The van der Waals surface area contributed by atoms with Crippen molar-refractivity contribution < 1.29 is 0 Å². The second kappa shape index (κ2) is 2.95. The second-order valence-corrected chi connectivity index (χ2v) is 5.44. The largest absolute Gasteiger partial charge is 0.311 e. The van der Waals surface area contributed by atoms with Crippen LogP contribution < -0.4 is 4.31 Å². The van der Waals surface area contributed by atoms with E-state index in [1.54, 1.807) is 0 Å². The van der Waals surface area contributed by atoms with Crippen LogP contribution in [0.5, 0.6) is 0 Å². The molecule has 1 aliphatic heterocycles. The quantitative estimate of drug-likeness (QED) is 0.479. The number of para-hydroxylation sites is 1. The van der Waals surface area contributed by atoms with Crippen molar-refractivity contribution >= 4 is 42.2 Å². The molecule has 0 radical (unpaired) electrons. The zero-order chi connectivity index (χ0) is 8.72. The molecule has 12 heavy (non-hydrogen) atoms. The van der Waals surface area contributed by atoms with E-state index in [1.807, 2.05) is 35.6 Å². The summed E-state index contributed by atoms with van der Waals surface area (Å²) in [7, 11) is 7.54. The summed E-state index contributed by atoms with van der Waals surface area (Å²) in [5.74, 6) is 0. The van der Waals surface area contributed by atoms with E-state index in [0.717, 1.165) is 15.6 Å². The van der Waals surface area contributed by atoms with Gasteiger partial charge in [-0.25, -0.2) is 0 Å². The number of rotatable bonds is 0. The molecular formula is C8H7Cl2NS. The molecule has 0 spiro atoms. The molecule has 0 amide bonds. The third-order valence-electron chi connectivity index (χ3n) is 1.84. The van der Waals surface area contributed by atoms with E-state index in [9.17, 15) is 0 Å². The highest BCUT2D eigenvalue weighted by Crippen LogP contribution is 2.43. The number of halogens is 2. The van der Waals surface area contributed by atoms with Crippen LogP contribution in [0.25, 0.3) is 0 Å². The Kier molecular flexibility index (Phi) is 2.07. The summed E-state index contributed by atoms with van der Waals surface area (Å²) in [4.78, 5) is 0. The lowest BCUT2D eigenvalue weighted by Gasteiger charge is -2.12. The highest BCUT2D eigenvalue weighted by atomic mass is 35.7. The molecule has 0 aliphatic carbocycles. The van der Waals surface area contributed by atoms with Crippen LogP contribution in [0.4, 0.5) is 5.69 Å². The molecule has 1 aromatic rings. The summed E-state index contributed by atoms with van der Waals surface area (Å²) in [6, 6.07) is 7.96. The van der Waals surface area contributed by atoms with Crippen LogP contribution in [0.15, 0.2) is 24.3 Å². The Morgan fingerprint density at radius 1 is 1.33 bits per heavy atom. The van der Waals surface area contributed by atoms with Gasteiger partial charge in [0.25, 0.3) is 0 Å². The fraction of sp³-hybridized carbons (Fsp3) is 0.125. The highest BCUT2D eigenvalue weighted by Gasteiger charge is 2.21. The summed E-state index contributed by atoms with van der Waals surface area (Å²) >= 11 is 6.04. The van der Waals surface area contributed by atoms with E-state index in [4.69, 9.17) is 22.3 Å². The van der Waals surface area contributed by atoms with Gasteiger partial charge in [-0.1, -0.05) is 29.8 Å². The molecule has 0 N–H and O–H groups in total. The van der Waals surface area contributed by atoms with Gasteiger partial charge in [0.05, 0.1) is 5.69 Å². The summed E-state index contributed by atoms with van der Waals surface area (Å²) in [6.45, 7) is 0. The van der Waals surface area contributed by atoms with Crippen molar-refractivity contribution in [3.05, 3.63) is 29.8 Å². The predicted molar refractivity (Wildman–Crippen MR) is 58.3 cm³/mol. The van der Waals surface area contributed by atoms with E-state index in [-0.39, 0.29) is 0 Å². The molecule has 1 unspecified atom stereocenters. The van der Waals surface area contributed by atoms with Gasteiger partial charge in [0.15, 0.2) is 0 Å². The summed E-state index contributed by atoms with van der Waals surface area (Å²) < 4.78 is 2.73. The first kappa shape index (κ1) is 8.42. The topological polar surface area (TPSA) is 3.24 Å². The van der Waals surface area contributed by atoms with Gasteiger partial charge in [-0.05, 0) is 16.7 Å². The highest BCUT2D eigenvalue weighted by molar-refractivity contribution is 8.37. The number of hydrogen-bond donors (Lipinski definition) is 0. The summed E-state index contributed by atoms with van der Waals surface area (Å²) in [6.07, 6.45) is 0. The van der Waals surface area contributed by atoms with E-state index in [1.165, 1.54) is 0 Å². The minimum atomic E-state index is -0.471. The fourth-order valence-corrected chi connectivity index (χ4v) is 3.08. The standard InChI is InChI=1S/C8H7Cl2NS/c1-11-7-5-3-2-4-6(7)8(9)12(11)10/h2-5H,1H3. The summed E-state index contributed by atoms with van der Waals surface area (Å²) in [5, 5.41) is 0. The van der Waals surface area contributed by atoms with Gasteiger partial charge in [-0.15, -0.1) is 0 Å². The van der Waals surface area contributed by atoms with Crippen LogP contribution in [0.1, 0.15) is 5.56 Å². The smallest absolute Gasteiger partial charge is 0.107 e. The minimum absolute atomic E-state index is 0.471. The molecule has 4 heteroatoms. The Hall–Kier alpha value is -0.180. The maximum atomic E-state index is 6.06.